The van der Waals surface area contributed by atoms with E-state index >= 15 is 0 Å². The van der Waals surface area contributed by atoms with Crippen LogP contribution in [0.15, 0.2) is 35.3 Å². The largest absolute Gasteiger partial charge is 0.401 e. The highest BCUT2D eigenvalue weighted by atomic mass is 127. The molecule has 0 saturated carbocycles. The lowest BCUT2D eigenvalue weighted by Gasteiger charge is -2.18. The van der Waals surface area contributed by atoms with Gasteiger partial charge in [-0.15, -0.1) is 24.0 Å². The summed E-state index contributed by atoms with van der Waals surface area (Å²) in [6.07, 6.45) is -3.43. The average Bonchev–Trinajstić information content (AvgIpc) is 3.05. The number of hydrogen-bond acceptors (Lipinski definition) is 3. The number of benzene rings is 1. The second-order valence-electron chi connectivity index (χ2n) is 6.87. The minimum atomic E-state index is -4.14. The number of nitrogens with zero attached hydrogens (tertiary/aromatic N) is 2. The molecule has 0 radical (unpaired) electrons. The maximum atomic E-state index is 12.5. The van der Waals surface area contributed by atoms with Gasteiger partial charge in [-0.05, 0) is 37.8 Å². The van der Waals surface area contributed by atoms with Crippen molar-refractivity contribution in [1.82, 2.24) is 15.5 Å². The molecule has 0 aliphatic carbocycles. The number of hydrogen-bond donors (Lipinski definition) is 3. The summed E-state index contributed by atoms with van der Waals surface area (Å²) in [5.41, 5.74) is 0.872. The van der Waals surface area contributed by atoms with Crippen molar-refractivity contribution >= 4 is 29.9 Å². The zero-order chi connectivity index (χ0) is 19.7. The molecule has 0 spiro atoms. The quantitative estimate of drug-likeness (QED) is 0.284. The van der Waals surface area contributed by atoms with E-state index in [-0.39, 0.29) is 29.9 Å². The highest BCUT2D eigenvalue weighted by Gasteiger charge is 2.34. The van der Waals surface area contributed by atoms with Crippen molar-refractivity contribution in [2.24, 2.45) is 10.9 Å². The van der Waals surface area contributed by atoms with Crippen LogP contribution in [0.3, 0.4) is 0 Å². The van der Waals surface area contributed by atoms with Crippen LogP contribution in [-0.4, -0.2) is 61.4 Å². The van der Waals surface area contributed by atoms with Crippen LogP contribution in [0.25, 0.3) is 0 Å². The predicted octanol–water partition coefficient (Wildman–Crippen LogP) is 3.17. The summed E-state index contributed by atoms with van der Waals surface area (Å²) in [7, 11) is 0. The minimum absolute atomic E-state index is 0. The number of nitrogens with one attached hydrogen (secondary N) is 2. The van der Waals surface area contributed by atoms with Crippen LogP contribution in [0.4, 0.5) is 13.2 Å². The summed E-state index contributed by atoms with van der Waals surface area (Å²) >= 11 is 0. The van der Waals surface area contributed by atoms with E-state index in [0.29, 0.717) is 45.1 Å². The second-order valence-corrected chi connectivity index (χ2v) is 6.87. The van der Waals surface area contributed by atoms with Crippen molar-refractivity contribution in [3.63, 3.8) is 0 Å². The Morgan fingerprint density at radius 2 is 2.00 bits per heavy atom. The number of rotatable bonds is 8. The second kappa shape index (κ2) is 12.5. The van der Waals surface area contributed by atoms with E-state index in [1.165, 1.54) is 4.90 Å². The standard InChI is InChI=1S/C19H29F3N4O.HI/c1-2-23-18(24-10-8-17(27)16-6-4-3-5-7-16)25-12-15-9-11-26(13-15)14-19(20,21)22;/h3-7,15,17,27H,2,8-14H2,1H3,(H2,23,24,25);1H. The fraction of sp³-hybridized carbons (Fsp3) is 0.632. The molecule has 1 aliphatic heterocycles. The first-order valence-electron chi connectivity index (χ1n) is 9.41. The fourth-order valence-electron chi connectivity index (χ4n) is 3.19. The Bertz CT molecular complexity index is 586. The van der Waals surface area contributed by atoms with Gasteiger partial charge >= 0.3 is 6.18 Å². The summed E-state index contributed by atoms with van der Waals surface area (Å²) < 4.78 is 37.4. The predicted molar refractivity (Wildman–Crippen MR) is 116 cm³/mol. The van der Waals surface area contributed by atoms with Gasteiger partial charge in [-0.2, -0.15) is 13.2 Å². The first-order valence-corrected chi connectivity index (χ1v) is 9.41. The Morgan fingerprint density at radius 1 is 1.29 bits per heavy atom. The van der Waals surface area contributed by atoms with Crippen molar-refractivity contribution in [2.45, 2.75) is 32.0 Å². The molecular weight excluding hydrogens is 484 g/mol. The van der Waals surface area contributed by atoms with Crippen LogP contribution in [0, 0.1) is 5.92 Å². The SMILES string of the molecule is CCNC(=NCC1CCN(CC(F)(F)F)C1)NCCC(O)c1ccccc1.I. The van der Waals surface area contributed by atoms with Gasteiger partial charge in [0.2, 0.25) is 0 Å². The average molecular weight is 514 g/mol. The maximum Gasteiger partial charge on any atom is 0.401 e. The zero-order valence-electron chi connectivity index (χ0n) is 16.1. The van der Waals surface area contributed by atoms with Crippen LogP contribution >= 0.6 is 24.0 Å². The molecule has 2 atom stereocenters. The van der Waals surface area contributed by atoms with Crippen molar-refractivity contribution in [1.29, 1.82) is 0 Å². The summed E-state index contributed by atoms with van der Waals surface area (Å²) in [5, 5.41) is 16.5. The summed E-state index contributed by atoms with van der Waals surface area (Å²) in [6, 6.07) is 9.46. The molecule has 0 bridgehead atoms. The first kappa shape index (κ1) is 25.0. The van der Waals surface area contributed by atoms with E-state index in [0.717, 1.165) is 12.0 Å². The molecule has 160 valence electrons. The van der Waals surface area contributed by atoms with Crippen molar-refractivity contribution in [3.05, 3.63) is 35.9 Å². The Balaban J connectivity index is 0.00000392. The maximum absolute atomic E-state index is 12.5. The third-order valence-corrected chi connectivity index (χ3v) is 4.52. The van der Waals surface area contributed by atoms with Gasteiger partial charge in [0, 0.05) is 26.2 Å². The molecule has 1 heterocycles. The lowest BCUT2D eigenvalue weighted by Crippen LogP contribution is -2.38. The van der Waals surface area contributed by atoms with E-state index in [4.69, 9.17) is 0 Å². The summed E-state index contributed by atoms with van der Waals surface area (Å²) in [5.74, 6) is 0.768. The van der Waals surface area contributed by atoms with Gasteiger partial charge < -0.3 is 15.7 Å². The monoisotopic (exact) mass is 514 g/mol. The molecule has 1 aromatic carbocycles. The molecule has 0 aromatic heterocycles. The van der Waals surface area contributed by atoms with Gasteiger partial charge in [0.25, 0.3) is 0 Å². The molecule has 1 aliphatic rings. The van der Waals surface area contributed by atoms with Gasteiger partial charge in [0.15, 0.2) is 5.96 Å². The Morgan fingerprint density at radius 3 is 2.64 bits per heavy atom. The fourth-order valence-corrected chi connectivity index (χ4v) is 3.19. The van der Waals surface area contributed by atoms with Crippen molar-refractivity contribution in [2.75, 3.05) is 39.3 Å². The highest BCUT2D eigenvalue weighted by Crippen LogP contribution is 2.22. The number of aliphatic hydroxyl groups excluding tert-OH is 1. The number of likely N-dealkylation sites (tertiary alicyclic amines) is 1. The number of alkyl halides is 3. The molecule has 1 saturated heterocycles. The van der Waals surface area contributed by atoms with Crippen LogP contribution < -0.4 is 10.6 Å². The van der Waals surface area contributed by atoms with Gasteiger partial charge in [-0.3, -0.25) is 9.89 Å². The van der Waals surface area contributed by atoms with E-state index in [9.17, 15) is 18.3 Å². The Kier molecular flexibility index (Phi) is 11.1. The molecule has 2 rings (SSSR count). The van der Waals surface area contributed by atoms with E-state index < -0.39 is 18.8 Å². The third-order valence-electron chi connectivity index (χ3n) is 4.52. The highest BCUT2D eigenvalue weighted by molar-refractivity contribution is 14.0. The lowest BCUT2D eigenvalue weighted by atomic mass is 10.1. The van der Waals surface area contributed by atoms with Gasteiger partial charge in [0.05, 0.1) is 12.6 Å². The first-order chi connectivity index (χ1) is 12.9. The molecule has 1 aromatic rings. The van der Waals surface area contributed by atoms with Crippen molar-refractivity contribution in [3.8, 4) is 0 Å². The molecule has 28 heavy (non-hydrogen) atoms. The van der Waals surface area contributed by atoms with E-state index in [1.54, 1.807) is 0 Å². The summed E-state index contributed by atoms with van der Waals surface area (Å²) in [4.78, 5) is 5.94. The summed E-state index contributed by atoms with van der Waals surface area (Å²) in [6.45, 7) is 3.73. The van der Waals surface area contributed by atoms with Gasteiger partial charge in [-0.25, -0.2) is 0 Å². The van der Waals surface area contributed by atoms with Crippen LogP contribution in [0.1, 0.15) is 31.4 Å². The van der Waals surface area contributed by atoms with E-state index in [1.807, 2.05) is 37.3 Å². The number of guanidine groups is 1. The van der Waals surface area contributed by atoms with Crippen LogP contribution in [-0.2, 0) is 0 Å². The number of aliphatic imine (C=N–C) groups is 1. The molecule has 3 N–H and O–H groups in total. The van der Waals surface area contributed by atoms with Gasteiger partial charge in [0.1, 0.15) is 0 Å². The molecule has 1 fully saturated rings. The molecule has 5 nitrogen and oxygen atoms in total. The smallest absolute Gasteiger partial charge is 0.388 e. The van der Waals surface area contributed by atoms with Crippen molar-refractivity contribution < 1.29 is 18.3 Å². The van der Waals surface area contributed by atoms with Crippen LogP contribution in [0.5, 0.6) is 0 Å². The number of aliphatic hydroxyl groups is 1. The molecule has 0 amide bonds. The Hall–Kier alpha value is -1.07. The van der Waals surface area contributed by atoms with E-state index in [2.05, 4.69) is 15.6 Å². The Labute approximate surface area is 181 Å². The van der Waals surface area contributed by atoms with Gasteiger partial charge in [-0.1, -0.05) is 30.3 Å². The third kappa shape index (κ3) is 9.42. The number of halogens is 4. The molecule has 2 unspecified atom stereocenters. The normalized spacial score (nSPS) is 19.2. The zero-order valence-corrected chi connectivity index (χ0v) is 18.4. The molecular formula is C19H30F3IN4O. The topological polar surface area (TPSA) is 59.9 Å². The molecule has 9 heteroatoms. The lowest BCUT2D eigenvalue weighted by molar-refractivity contribution is -0.143. The van der Waals surface area contributed by atoms with Crippen LogP contribution in [0.2, 0.25) is 0 Å². The minimum Gasteiger partial charge on any atom is -0.388 e.